The predicted molar refractivity (Wildman–Crippen MR) is 67.2 cm³/mol. The smallest absolute Gasteiger partial charge is 0.109 e. The molecule has 3 unspecified atom stereocenters. The second kappa shape index (κ2) is 5.72. The Balaban J connectivity index is 1.99. The summed E-state index contributed by atoms with van der Waals surface area (Å²) in [5.74, 6) is 2.90. The van der Waals surface area contributed by atoms with E-state index in [1.807, 2.05) is 0 Å². The van der Waals surface area contributed by atoms with Crippen LogP contribution in [-0.2, 0) is 4.74 Å². The van der Waals surface area contributed by atoms with Gasteiger partial charge < -0.3 is 10.1 Å². The maximum atomic E-state index is 5.75. The fraction of sp³-hybridized carbons (Fsp3) is 0.857. The summed E-state index contributed by atoms with van der Waals surface area (Å²) in [6.45, 7) is 6.50. The molecule has 1 heterocycles. The molecule has 0 aromatic heterocycles. The van der Waals surface area contributed by atoms with Crippen molar-refractivity contribution in [2.45, 2.75) is 52.0 Å². The van der Waals surface area contributed by atoms with E-state index in [0.717, 1.165) is 31.4 Å². The van der Waals surface area contributed by atoms with Gasteiger partial charge in [0.25, 0.3) is 0 Å². The zero-order valence-corrected chi connectivity index (χ0v) is 10.7. The van der Waals surface area contributed by atoms with E-state index in [0.29, 0.717) is 6.04 Å². The first kappa shape index (κ1) is 12.0. The topological polar surface area (TPSA) is 21.3 Å². The zero-order valence-electron chi connectivity index (χ0n) is 10.7. The highest BCUT2D eigenvalue weighted by Crippen LogP contribution is 2.34. The molecule has 16 heavy (non-hydrogen) atoms. The largest absolute Gasteiger partial charge is 0.496 e. The molecule has 2 rings (SSSR count). The minimum atomic E-state index is 0.482. The highest BCUT2D eigenvalue weighted by molar-refractivity contribution is 5.09. The predicted octanol–water partition coefficient (Wildman–Crippen LogP) is 3.10. The van der Waals surface area contributed by atoms with Gasteiger partial charge in [-0.05, 0) is 37.3 Å². The van der Waals surface area contributed by atoms with Crippen LogP contribution in [0.3, 0.4) is 0 Å². The van der Waals surface area contributed by atoms with Gasteiger partial charge in [-0.2, -0.15) is 0 Å². The van der Waals surface area contributed by atoms with Gasteiger partial charge in [-0.1, -0.05) is 26.7 Å². The summed E-state index contributed by atoms with van der Waals surface area (Å²) in [7, 11) is 0. The molecule has 1 saturated carbocycles. The Morgan fingerprint density at radius 1 is 1.50 bits per heavy atom. The molecule has 92 valence electrons. The molecule has 1 N–H and O–H groups in total. The monoisotopic (exact) mass is 223 g/mol. The van der Waals surface area contributed by atoms with Crippen LogP contribution in [0.5, 0.6) is 0 Å². The van der Waals surface area contributed by atoms with E-state index in [1.54, 1.807) is 0 Å². The van der Waals surface area contributed by atoms with Crippen LogP contribution in [0.2, 0.25) is 0 Å². The van der Waals surface area contributed by atoms with Crippen LogP contribution in [-0.4, -0.2) is 19.2 Å². The van der Waals surface area contributed by atoms with Crippen molar-refractivity contribution in [1.29, 1.82) is 0 Å². The van der Waals surface area contributed by atoms with E-state index in [4.69, 9.17) is 4.74 Å². The van der Waals surface area contributed by atoms with Crippen LogP contribution in [0.4, 0.5) is 0 Å². The molecule has 0 aromatic rings. The highest BCUT2D eigenvalue weighted by Gasteiger charge is 2.30. The molecule has 1 fully saturated rings. The Hall–Kier alpha value is -0.500. The van der Waals surface area contributed by atoms with Crippen molar-refractivity contribution >= 4 is 0 Å². The van der Waals surface area contributed by atoms with E-state index >= 15 is 0 Å². The molecule has 0 saturated heterocycles. The summed E-state index contributed by atoms with van der Waals surface area (Å²) < 4.78 is 5.75. The van der Waals surface area contributed by atoms with E-state index in [-0.39, 0.29) is 0 Å². The molecular formula is C14H25NO. The molecule has 0 bridgehead atoms. The van der Waals surface area contributed by atoms with Crippen molar-refractivity contribution in [1.82, 2.24) is 5.32 Å². The molecule has 0 radical (unpaired) electrons. The van der Waals surface area contributed by atoms with Crippen LogP contribution >= 0.6 is 0 Å². The third-order valence-corrected chi connectivity index (χ3v) is 3.91. The van der Waals surface area contributed by atoms with Crippen LogP contribution in [0.1, 0.15) is 46.0 Å². The van der Waals surface area contributed by atoms with Gasteiger partial charge in [0.1, 0.15) is 5.76 Å². The molecular weight excluding hydrogens is 198 g/mol. The van der Waals surface area contributed by atoms with Gasteiger partial charge in [-0.3, -0.25) is 0 Å². The Morgan fingerprint density at radius 2 is 2.38 bits per heavy atom. The third kappa shape index (κ3) is 2.79. The van der Waals surface area contributed by atoms with Crippen LogP contribution in [0, 0.1) is 11.8 Å². The number of likely N-dealkylation sites (N-methyl/N-ethyl adjacent to an activating group) is 1. The van der Waals surface area contributed by atoms with Crippen LogP contribution < -0.4 is 5.32 Å². The zero-order chi connectivity index (χ0) is 11.4. The van der Waals surface area contributed by atoms with E-state index in [1.165, 1.54) is 31.4 Å². The molecule has 1 aliphatic carbocycles. The molecule has 0 spiro atoms. The maximum Gasteiger partial charge on any atom is 0.109 e. The minimum Gasteiger partial charge on any atom is -0.496 e. The summed E-state index contributed by atoms with van der Waals surface area (Å²) in [6.07, 6.45) is 8.91. The normalized spacial score (nSPS) is 32.0. The average molecular weight is 223 g/mol. The highest BCUT2D eigenvalue weighted by atomic mass is 16.5. The van der Waals surface area contributed by atoms with Crippen molar-refractivity contribution in [3.05, 3.63) is 11.8 Å². The van der Waals surface area contributed by atoms with Crippen LogP contribution in [0.25, 0.3) is 0 Å². The Labute approximate surface area is 99.4 Å². The maximum absolute atomic E-state index is 5.75. The van der Waals surface area contributed by atoms with Gasteiger partial charge in [0.15, 0.2) is 0 Å². The lowest BCUT2D eigenvalue weighted by Gasteiger charge is -2.34. The van der Waals surface area contributed by atoms with E-state index in [2.05, 4.69) is 25.2 Å². The minimum absolute atomic E-state index is 0.482. The van der Waals surface area contributed by atoms with Gasteiger partial charge in [0.2, 0.25) is 0 Å². The van der Waals surface area contributed by atoms with Crippen molar-refractivity contribution in [3.63, 3.8) is 0 Å². The summed E-state index contributed by atoms with van der Waals surface area (Å²) in [5, 5.41) is 3.62. The number of rotatable bonds is 4. The van der Waals surface area contributed by atoms with Gasteiger partial charge in [-0.25, -0.2) is 0 Å². The fourth-order valence-corrected chi connectivity index (χ4v) is 3.16. The van der Waals surface area contributed by atoms with Crippen molar-refractivity contribution in [3.8, 4) is 0 Å². The molecule has 3 atom stereocenters. The average Bonchev–Trinajstić information content (AvgIpc) is 2.79. The van der Waals surface area contributed by atoms with Crippen molar-refractivity contribution in [2.24, 2.45) is 11.8 Å². The quantitative estimate of drug-likeness (QED) is 0.790. The van der Waals surface area contributed by atoms with Gasteiger partial charge in [0.05, 0.1) is 12.6 Å². The number of nitrogens with one attached hydrogen (secondary N) is 1. The van der Waals surface area contributed by atoms with Gasteiger partial charge >= 0.3 is 0 Å². The third-order valence-electron chi connectivity index (χ3n) is 3.91. The lowest BCUT2D eigenvalue weighted by Crippen LogP contribution is -2.40. The Kier molecular flexibility index (Phi) is 4.28. The van der Waals surface area contributed by atoms with Gasteiger partial charge in [-0.15, -0.1) is 0 Å². The second-order valence-corrected chi connectivity index (χ2v) is 5.31. The van der Waals surface area contributed by atoms with Crippen molar-refractivity contribution < 1.29 is 4.74 Å². The first-order valence-corrected chi connectivity index (χ1v) is 6.87. The first-order valence-electron chi connectivity index (χ1n) is 6.87. The molecule has 0 aromatic carbocycles. The van der Waals surface area contributed by atoms with Crippen LogP contribution in [0.15, 0.2) is 11.8 Å². The fourth-order valence-electron chi connectivity index (χ4n) is 3.16. The molecule has 1 aliphatic heterocycles. The Morgan fingerprint density at radius 3 is 3.00 bits per heavy atom. The summed E-state index contributed by atoms with van der Waals surface area (Å²) in [5.41, 5.74) is 0. The molecule has 2 aliphatic rings. The summed E-state index contributed by atoms with van der Waals surface area (Å²) in [6, 6.07) is 0.482. The lowest BCUT2D eigenvalue weighted by molar-refractivity contribution is 0.163. The number of ether oxygens (including phenoxy) is 1. The van der Waals surface area contributed by atoms with Gasteiger partial charge in [0, 0.05) is 6.42 Å². The summed E-state index contributed by atoms with van der Waals surface area (Å²) in [4.78, 5) is 0. The number of hydrogen-bond donors (Lipinski definition) is 1. The Bertz CT molecular complexity index is 249. The van der Waals surface area contributed by atoms with Crippen molar-refractivity contribution in [2.75, 3.05) is 13.2 Å². The standard InChI is InChI=1S/C14H25NO/c1-3-15-14(13-8-5-9-16-13)12-7-4-6-11(2)10-12/h8,11-12,14-15H,3-7,9-10H2,1-2H3. The molecule has 2 heteroatoms. The van der Waals surface area contributed by atoms with E-state index in [9.17, 15) is 0 Å². The SMILES string of the molecule is CCNC(C1=CCCO1)C1CCCC(C)C1. The first-order chi connectivity index (χ1) is 7.81. The summed E-state index contributed by atoms with van der Waals surface area (Å²) >= 11 is 0. The molecule has 0 amide bonds. The second-order valence-electron chi connectivity index (χ2n) is 5.31. The number of hydrogen-bond acceptors (Lipinski definition) is 2. The molecule has 2 nitrogen and oxygen atoms in total. The van der Waals surface area contributed by atoms with E-state index < -0.39 is 0 Å². The lowest BCUT2D eigenvalue weighted by atomic mass is 9.78.